The quantitative estimate of drug-likeness (QED) is 0.543. The predicted molar refractivity (Wildman–Crippen MR) is 111 cm³/mol. The second-order valence-electron chi connectivity index (χ2n) is 7.13. The van der Waals surface area contributed by atoms with Crippen molar-refractivity contribution in [3.05, 3.63) is 81.4 Å². The topological polar surface area (TPSA) is 60.2 Å². The molecule has 0 fully saturated rings. The first-order valence-electron chi connectivity index (χ1n) is 9.17. The largest absolute Gasteiger partial charge is 0.510 e. The van der Waals surface area contributed by atoms with Crippen LogP contribution < -0.4 is 0 Å². The van der Waals surface area contributed by atoms with Crippen LogP contribution in [0.4, 0.5) is 13.2 Å². The van der Waals surface area contributed by atoms with Crippen molar-refractivity contribution in [3.8, 4) is 11.3 Å². The lowest BCUT2D eigenvalue weighted by atomic mass is 10.1. The van der Waals surface area contributed by atoms with Crippen molar-refractivity contribution in [2.45, 2.75) is 19.6 Å². The summed E-state index contributed by atoms with van der Waals surface area (Å²) < 4.78 is 38.9. The molecule has 2 heterocycles. The van der Waals surface area contributed by atoms with Crippen molar-refractivity contribution in [2.24, 2.45) is 0 Å². The summed E-state index contributed by atoms with van der Waals surface area (Å²) in [6, 6.07) is 12.9. The van der Waals surface area contributed by atoms with E-state index >= 15 is 0 Å². The number of hydrogen-bond donors (Lipinski definition) is 2. The molecule has 4 rings (SSSR count). The lowest BCUT2D eigenvalue weighted by molar-refractivity contribution is -0.137. The van der Waals surface area contributed by atoms with Crippen LogP contribution in [-0.2, 0) is 12.7 Å². The highest BCUT2D eigenvalue weighted by Crippen LogP contribution is 2.34. The summed E-state index contributed by atoms with van der Waals surface area (Å²) in [5.74, 6) is 0.0477. The van der Waals surface area contributed by atoms with E-state index in [4.69, 9.17) is 5.41 Å². The first kappa shape index (κ1) is 20.2. The smallest absolute Gasteiger partial charge is 0.416 e. The van der Waals surface area contributed by atoms with Gasteiger partial charge in [-0.15, -0.1) is 11.3 Å². The molecule has 0 bridgehead atoms. The fraction of sp³-hybridized carbons (Fsp3) is 0.182. The Kier molecular flexibility index (Phi) is 5.11. The number of alkyl halides is 3. The molecule has 2 N–H and O–H groups in total. The number of benzene rings is 2. The van der Waals surface area contributed by atoms with Gasteiger partial charge in [-0.05, 0) is 24.6 Å². The Hall–Kier alpha value is -3.13. The minimum atomic E-state index is -4.42. The van der Waals surface area contributed by atoms with Gasteiger partial charge in [-0.3, -0.25) is 5.41 Å². The van der Waals surface area contributed by atoms with Gasteiger partial charge in [-0.25, -0.2) is 4.98 Å². The van der Waals surface area contributed by atoms with Crippen LogP contribution >= 0.6 is 11.3 Å². The molecule has 4 nitrogen and oxygen atoms in total. The van der Waals surface area contributed by atoms with E-state index in [0.717, 1.165) is 29.0 Å². The summed E-state index contributed by atoms with van der Waals surface area (Å²) in [6.07, 6.45) is -4.42. The van der Waals surface area contributed by atoms with Gasteiger partial charge < -0.3 is 10.0 Å². The van der Waals surface area contributed by atoms with E-state index in [1.807, 2.05) is 36.6 Å². The van der Waals surface area contributed by atoms with Gasteiger partial charge >= 0.3 is 6.18 Å². The summed E-state index contributed by atoms with van der Waals surface area (Å²) >= 11 is 1.32. The van der Waals surface area contributed by atoms with Crippen LogP contribution in [0.25, 0.3) is 16.8 Å². The van der Waals surface area contributed by atoms with Gasteiger partial charge in [-0.1, -0.05) is 42.0 Å². The molecule has 0 radical (unpaired) electrons. The summed E-state index contributed by atoms with van der Waals surface area (Å²) in [7, 11) is 0. The van der Waals surface area contributed by atoms with Crippen molar-refractivity contribution in [2.75, 3.05) is 6.54 Å². The van der Waals surface area contributed by atoms with Crippen LogP contribution in [0.15, 0.2) is 59.7 Å². The third-order valence-electron chi connectivity index (χ3n) is 4.88. The van der Waals surface area contributed by atoms with Crippen LogP contribution in [-0.4, -0.2) is 27.4 Å². The zero-order chi connectivity index (χ0) is 21.5. The standard InChI is InChI=1S/C22H18F3N3OS/c1-13-5-7-15(8-6-13)17-12-30-21(27-17)19-18(29)11-28(20(19)26)10-14-3-2-4-16(9-14)22(23,24)25/h2-9,12,26,29H,10-11H2,1H3. The van der Waals surface area contributed by atoms with Crippen LogP contribution in [0.3, 0.4) is 0 Å². The second-order valence-corrected chi connectivity index (χ2v) is 7.99. The van der Waals surface area contributed by atoms with E-state index in [1.165, 1.54) is 22.3 Å². The number of hydrogen-bond acceptors (Lipinski definition) is 4. The summed E-state index contributed by atoms with van der Waals surface area (Å²) in [5.41, 5.74) is 2.84. The van der Waals surface area contributed by atoms with E-state index < -0.39 is 11.7 Å². The number of aryl methyl sites for hydroxylation is 1. The van der Waals surface area contributed by atoms with Crippen LogP contribution in [0, 0.1) is 12.3 Å². The Morgan fingerprint density at radius 2 is 1.90 bits per heavy atom. The van der Waals surface area contributed by atoms with Crippen molar-refractivity contribution < 1.29 is 18.3 Å². The lowest BCUT2D eigenvalue weighted by Gasteiger charge is -2.19. The molecule has 0 spiro atoms. The van der Waals surface area contributed by atoms with Gasteiger partial charge in [0.15, 0.2) is 0 Å². The molecule has 3 aromatic rings. The van der Waals surface area contributed by atoms with Crippen LogP contribution in [0.2, 0.25) is 0 Å². The number of aliphatic hydroxyl groups excluding tert-OH is 1. The fourth-order valence-corrected chi connectivity index (χ4v) is 4.20. The Labute approximate surface area is 175 Å². The molecule has 1 aromatic heterocycles. The van der Waals surface area contributed by atoms with Crippen molar-refractivity contribution in [1.29, 1.82) is 5.41 Å². The van der Waals surface area contributed by atoms with Crippen molar-refractivity contribution in [1.82, 2.24) is 9.88 Å². The fourth-order valence-electron chi connectivity index (χ4n) is 3.31. The van der Waals surface area contributed by atoms with Crippen molar-refractivity contribution >= 4 is 22.7 Å². The summed E-state index contributed by atoms with van der Waals surface area (Å²) in [4.78, 5) is 6.10. The summed E-state index contributed by atoms with van der Waals surface area (Å²) in [6.45, 7) is 2.15. The normalized spacial score (nSPS) is 14.7. The van der Waals surface area contributed by atoms with E-state index in [1.54, 1.807) is 6.07 Å². The number of nitrogens with zero attached hydrogens (tertiary/aromatic N) is 2. The monoisotopic (exact) mass is 429 g/mol. The second kappa shape index (κ2) is 7.60. The molecule has 154 valence electrons. The Morgan fingerprint density at radius 1 is 1.17 bits per heavy atom. The third kappa shape index (κ3) is 3.95. The number of amidine groups is 1. The highest BCUT2D eigenvalue weighted by Gasteiger charge is 2.32. The maximum Gasteiger partial charge on any atom is 0.416 e. The van der Waals surface area contributed by atoms with E-state index in [0.29, 0.717) is 16.1 Å². The molecule has 30 heavy (non-hydrogen) atoms. The molecule has 2 aromatic carbocycles. The highest BCUT2D eigenvalue weighted by molar-refractivity contribution is 7.11. The number of thiazole rings is 1. The molecular weight excluding hydrogens is 411 g/mol. The Morgan fingerprint density at radius 3 is 2.60 bits per heavy atom. The minimum absolute atomic E-state index is 0.00298. The van der Waals surface area contributed by atoms with Gasteiger partial charge in [0, 0.05) is 17.5 Å². The zero-order valence-electron chi connectivity index (χ0n) is 16.0. The molecule has 0 saturated carbocycles. The predicted octanol–water partition coefficient (Wildman–Crippen LogP) is 5.90. The maximum absolute atomic E-state index is 13.0. The Balaban J connectivity index is 1.54. The number of aliphatic hydroxyl groups is 1. The first-order valence-corrected chi connectivity index (χ1v) is 10.1. The van der Waals surface area contributed by atoms with Gasteiger partial charge in [-0.2, -0.15) is 13.2 Å². The molecule has 0 atom stereocenters. The minimum Gasteiger partial charge on any atom is -0.510 e. The number of halogens is 3. The Bertz CT molecular complexity index is 1130. The van der Waals surface area contributed by atoms with E-state index in [9.17, 15) is 18.3 Å². The molecule has 0 saturated heterocycles. The highest BCUT2D eigenvalue weighted by atomic mass is 32.1. The van der Waals surface area contributed by atoms with Gasteiger partial charge in [0.05, 0.1) is 23.4 Å². The molecular formula is C22H18F3N3OS. The van der Waals surface area contributed by atoms with Gasteiger partial charge in [0.25, 0.3) is 0 Å². The summed E-state index contributed by atoms with van der Waals surface area (Å²) in [5, 5.41) is 21.3. The molecule has 8 heteroatoms. The van der Waals surface area contributed by atoms with E-state index in [-0.39, 0.29) is 24.7 Å². The first-order chi connectivity index (χ1) is 14.2. The average molecular weight is 429 g/mol. The average Bonchev–Trinajstić information content (AvgIpc) is 3.27. The van der Waals surface area contributed by atoms with E-state index in [2.05, 4.69) is 4.98 Å². The molecule has 1 aliphatic heterocycles. The molecule has 0 aliphatic carbocycles. The molecule has 1 aliphatic rings. The lowest BCUT2D eigenvalue weighted by Crippen LogP contribution is -2.26. The van der Waals surface area contributed by atoms with Crippen molar-refractivity contribution in [3.63, 3.8) is 0 Å². The number of aromatic nitrogens is 1. The van der Waals surface area contributed by atoms with Crippen LogP contribution in [0.1, 0.15) is 21.7 Å². The SMILES string of the molecule is Cc1ccc(-c2csc(C3=C(O)CN(Cc4cccc(C(F)(F)F)c4)C3=N)n2)cc1. The molecule has 0 unspecified atom stereocenters. The third-order valence-corrected chi connectivity index (χ3v) is 5.74. The zero-order valence-corrected chi connectivity index (χ0v) is 16.8. The number of rotatable bonds is 4. The van der Waals surface area contributed by atoms with Crippen LogP contribution in [0.5, 0.6) is 0 Å². The number of nitrogens with one attached hydrogen (secondary N) is 1. The maximum atomic E-state index is 13.0. The molecule has 0 amide bonds. The van der Waals surface area contributed by atoms with Gasteiger partial charge in [0.1, 0.15) is 16.6 Å². The van der Waals surface area contributed by atoms with Gasteiger partial charge in [0.2, 0.25) is 0 Å².